The quantitative estimate of drug-likeness (QED) is 0.920. The summed E-state index contributed by atoms with van der Waals surface area (Å²) in [6.45, 7) is 4.02. The maximum Gasteiger partial charge on any atom is 0.168 e. The van der Waals surface area contributed by atoms with Crippen LogP contribution in [0.1, 0.15) is 28.4 Å². The number of halogens is 1. The van der Waals surface area contributed by atoms with Crippen molar-refractivity contribution in [2.24, 2.45) is 0 Å². The molecule has 0 aliphatic rings. The van der Waals surface area contributed by atoms with Crippen molar-refractivity contribution in [2.45, 2.75) is 26.4 Å². The molecule has 0 saturated heterocycles. The van der Waals surface area contributed by atoms with Gasteiger partial charge in [0.1, 0.15) is 0 Å². The maximum atomic E-state index is 14.1. The number of hydrogen-bond donors (Lipinski definition) is 1. The molecule has 0 radical (unpaired) electrons. The molecule has 0 amide bonds. The summed E-state index contributed by atoms with van der Waals surface area (Å²) in [6.07, 6.45) is -0.498. The van der Waals surface area contributed by atoms with Crippen molar-refractivity contribution in [2.75, 3.05) is 7.11 Å². The zero-order valence-corrected chi connectivity index (χ0v) is 12.0. The molecule has 0 fully saturated rings. The van der Waals surface area contributed by atoms with Gasteiger partial charge in [0, 0.05) is 6.42 Å². The average Bonchev–Trinajstić information content (AvgIpc) is 2.44. The minimum absolute atomic E-state index is 0.204. The first-order valence-electron chi connectivity index (χ1n) is 6.59. The molecule has 2 aromatic carbocycles. The first-order valence-corrected chi connectivity index (χ1v) is 6.59. The van der Waals surface area contributed by atoms with Crippen LogP contribution in [0.2, 0.25) is 0 Å². The smallest absolute Gasteiger partial charge is 0.168 e. The van der Waals surface area contributed by atoms with E-state index in [0.717, 1.165) is 11.1 Å². The molecule has 2 aromatic rings. The molecule has 2 rings (SSSR count). The Labute approximate surface area is 118 Å². The molecule has 0 aromatic heterocycles. The highest BCUT2D eigenvalue weighted by Crippen LogP contribution is 2.26. The Balaban J connectivity index is 2.23. The van der Waals surface area contributed by atoms with E-state index in [1.54, 1.807) is 18.2 Å². The molecule has 0 bridgehead atoms. The predicted molar refractivity (Wildman–Crippen MR) is 77.5 cm³/mol. The van der Waals surface area contributed by atoms with Crippen LogP contribution in [0.3, 0.4) is 0 Å². The van der Waals surface area contributed by atoms with Crippen molar-refractivity contribution >= 4 is 0 Å². The van der Waals surface area contributed by atoms with Gasteiger partial charge < -0.3 is 9.84 Å². The number of methoxy groups -OCH3 is 1. The number of rotatable bonds is 4. The molecule has 0 spiro atoms. The van der Waals surface area contributed by atoms with E-state index in [4.69, 9.17) is 4.74 Å². The molecule has 1 unspecified atom stereocenters. The lowest BCUT2D eigenvalue weighted by molar-refractivity contribution is 0.176. The zero-order chi connectivity index (χ0) is 14.7. The van der Waals surface area contributed by atoms with Gasteiger partial charge in [-0.2, -0.15) is 0 Å². The van der Waals surface area contributed by atoms with E-state index in [1.807, 2.05) is 32.0 Å². The van der Waals surface area contributed by atoms with Gasteiger partial charge in [0.15, 0.2) is 11.6 Å². The van der Waals surface area contributed by atoms with Gasteiger partial charge in [-0.15, -0.1) is 0 Å². The van der Waals surface area contributed by atoms with Crippen molar-refractivity contribution in [3.05, 3.63) is 64.5 Å². The Morgan fingerprint density at radius 2 is 1.90 bits per heavy atom. The second kappa shape index (κ2) is 6.06. The lowest BCUT2D eigenvalue weighted by Crippen LogP contribution is -2.05. The van der Waals surface area contributed by atoms with Crippen LogP contribution in [0.4, 0.5) is 4.39 Å². The van der Waals surface area contributed by atoms with Crippen LogP contribution in [0.25, 0.3) is 0 Å². The van der Waals surface area contributed by atoms with Crippen LogP contribution >= 0.6 is 0 Å². The van der Waals surface area contributed by atoms with E-state index in [0.29, 0.717) is 5.56 Å². The molecule has 0 aliphatic carbocycles. The number of aliphatic hydroxyl groups excluding tert-OH is 1. The monoisotopic (exact) mass is 274 g/mol. The van der Waals surface area contributed by atoms with Gasteiger partial charge >= 0.3 is 0 Å². The second-order valence-corrected chi connectivity index (χ2v) is 5.00. The standard InChI is InChI=1S/C17H19FO2/c1-11-7-8-13(9-12(11)2)15(19)10-14-5-4-6-16(20-3)17(14)18/h4-9,15,19H,10H2,1-3H3. The van der Waals surface area contributed by atoms with Gasteiger partial charge in [-0.1, -0.05) is 30.3 Å². The molecule has 3 heteroatoms. The summed E-state index contributed by atoms with van der Waals surface area (Å²) in [4.78, 5) is 0. The lowest BCUT2D eigenvalue weighted by atomic mass is 9.98. The third kappa shape index (κ3) is 2.99. The summed E-state index contributed by atoms with van der Waals surface area (Å²) in [5.74, 6) is -0.201. The topological polar surface area (TPSA) is 29.5 Å². The molecule has 106 valence electrons. The number of aliphatic hydroxyl groups is 1. The van der Waals surface area contributed by atoms with E-state index >= 15 is 0 Å². The van der Waals surface area contributed by atoms with E-state index in [9.17, 15) is 9.50 Å². The van der Waals surface area contributed by atoms with Crippen LogP contribution in [0, 0.1) is 19.7 Å². The van der Waals surface area contributed by atoms with Gasteiger partial charge in [0.05, 0.1) is 13.2 Å². The van der Waals surface area contributed by atoms with Crippen molar-refractivity contribution in [3.8, 4) is 5.75 Å². The average molecular weight is 274 g/mol. The molecule has 2 nitrogen and oxygen atoms in total. The Morgan fingerprint density at radius 3 is 2.55 bits per heavy atom. The Bertz CT molecular complexity index is 608. The lowest BCUT2D eigenvalue weighted by Gasteiger charge is -2.14. The van der Waals surface area contributed by atoms with Crippen molar-refractivity contribution in [1.29, 1.82) is 0 Å². The third-order valence-electron chi connectivity index (χ3n) is 3.59. The summed E-state index contributed by atoms with van der Waals surface area (Å²) < 4.78 is 19.0. The molecule has 20 heavy (non-hydrogen) atoms. The highest BCUT2D eigenvalue weighted by molar-refractivity contribution is 5.34. The molecular weight excluding hydrogens is 255 g/mol. The van der Waals surface area contributed by atoms with Gasteiger partial charge in [0.25, 0.3) is 0 Å². The first-order chi connectivity index (χ1) is 9.52. The fourth-order valence-electron chi connectivity index (χ4n) is 2.17. The molecule has 0 aliphatic heterocycles. The van der Waals surface area contributed by atoms with Crippen LogP contribution in [0.15, 0.2) is 36.4 Å². The van der Waals surface area contributed by atoms with Crippen LogP contribution in [-0.2, 0) is 6.42 Å². The summed E-state index contributed by atoms with van der Waals surface area (Å²) >= 11 is 0. The summed E-state index contributed by atoms with van der Waals surface area (Å²) in [7, 11) is 1.43. The maximum absolute atomic E-state index is 14.1. The fraction of sp³-hybridized carbons (Fsp3) is 0.294. The Kier molecular flexibility index (Phi) is 4.40. The summed E-state index contributed by atoms with van der Waals surface area (Å²) in [6, 6.07) is 10.8. The Hall–Kier alpha value is -1.87. The molecule has 1 atom stereocenters. The SMILES string of the molecule is COc1cccc(CC(O)c2ccc(C)c(C)c2)c1F. The highest BCUT2D eigenvalue weighted by Gasteiger charge is 2.14. The van der Waals surface area contributed by atoms with Gasteiger partial charge in [-0.3, -0.25) is 0 Å². The zero-order valence-electron chi connectivity index (χ0n) is 12.0. The molecule has 0 saturated carbocycles. The number of hydrogen-bond acceptors (Lipinski definition) is 2. The predicted octanol–water partition coefficient (Wildman–Crippen LogP) is 3.73. The first kappa shape index (κ1) is 14.5. The third-order valence-corrected chi connectivity index (χ3v) is 3.59. The van der Waals surface area contributed by atoms with E-state index < -0.39 is 11.9 Å². The normalized spacial score (nSPS) is 12.2. The fourth-order valence-corrected chi connectivity index (χ4v) is 2.17. The van der Waals surface area contributed by atoms with E-state index in [2.05, 4.69) is 0 Å². The number of aryl methyl sites for hydroxylation is 2. The van der Waals surface area contributed by atoms with Crippen molar-refractivity contribution in [1.82, 2.24) is 0 Å². The van der Waals surface area contributed by atoms with E-state index in [-0.39, 0.29) is 12.2 Å². The Morgan fingerprint density at radius 1 is 1.15 bits per heavy atom. The minimum atomic E-state index is -0.726. The van der Waals surface area contributed by atoms with Crippen molar-refractivity contribution in [3.63, 3.8) is 0 Å². The van der Waals surface area contributed by atoms with Gasteiger partial charge in [0.2, 0.25) is 0 Å². The summed E-state index contributed by atoms with van der Waals surface area (Å²) in [5, 5.41) is 10.3. The molecule has 0 heterocycles. The highest BCUT2D eigenvalue weighted by atomic mass is 19.1. The van der Waals surface area contributed by atoms with Crippen LogP contribution in [0.5, 0.6) is 5.75 Å². The number of ether oxygens (including phenoxy) is 1. The summed E-state index contributed by atoms with van der Waals surface area (Å²) in [5.41, 5.74) is 3.55. The van der Waals surface area contributed by atoms with Crippen LogP contribution in [-0.4, -0.2) is 12.2 Å². The van der Waals surface area contributed by atoms with Gasteiger partial charge in [-0.05, 0) is 42.2 Å². The van der Waals surface area contributed by atoms with Gasteiger partial charge in [-0.25, -0.2) is 4.39 Å². The number of benzene rings is 2. The second-order valence-electron chi connectivity index (χ2n) is 5.00. The molecular formula is C17H19FO2. The minimum Gasteiger partial charge on any atom is -0.494 e. The van der Waals surface area contributed by atoms with E-state index in [1.165, 1.54) is 12.7 Å². The van der Waals surface area contributed by atoms with Crippen LogP contribution < -0.4 is 4.74 Å². The largest absolute Gasteiger partial charge is 0.494 e. The molecule has 1 N–H and O–H groups in total. The van der Waals surface area contributed by atoms with Crippen molar-refractivity contribution < 1.29 is 14.2 Å².